The van der Waals surface area contributed by atoms with Crippen molar-refractivity contribution in [2.75, 3.05) is 6.54 Å². The summed E-state index contributed by atoms with van der Waals surface area (Å²) in [5.41, 5.74) is 0.375. The molecule has 1 aliphatic rings. The molecule has 0 saturated carbocycles. The summed E-state index contributed by atoms with van der Waals surface area (Å²) in [6, 6.07) is 6.54. The largest absolute Gasteiger partial charge is 0.337 e. The van der Waals surface area contributed by atoms with Crippen molar-refractivity contribution in [1.82, 2.24) is 15.5 Å². The van der Waals surface area contributed by atoms with E-state index < -0.39 is 0 Å². The number of nitrogens with one attached hydrogen (secondary N) is 1. The van der Waals surface area contributed by atoms with Crippen molar-refractivity contribution in [3.05, 3.63) is 36.0 Å². The third-order valence-electron chi connectivity index (χ3n) is 2.91. The Labute approximate surface area is 110 Å². The lowest BCUT2D eigenvalue weighted by atomic mass is 10.2. The van der Waals surface area contributed by atoms with E-state index in [4.69, 9.17) is 4.52 Å². The van der Waals surface area contributed by atoms with Gasteiger partial charge in [-0.15, -0.1) is 12.4 Å². The summed E-state index contributed by atoms with van der Waals surface area (Å²) in [5, 5.41) is 7.09. The zero-order valence-electron chi connectivity index (χ0n) is 9.60. The van der Waals surface area contributed by atoms with Crippen LogP contribution in [0.3, 0.4) is 0 Å². The molecule has 0 radical (unpaired) electrons. The maximum atomic E-state index is 13.5. The van der Waals surface area contributed by atoms with Gasteiger partial charge in [0.05, 0.1) is 11.6 Å². The van der Waals surface area contributed by atoms with Crippen LogP contribution in [0, 0.1) is 5.82 Å². The minimum Gasteiger partial charge on any atom is -0.337 e. The van der Waals surface area contributed by atoms with Crippen LogP contribution in [-0.4, -0.2) is 16.7 Å². The van der Waals surface area contributed by atoms with Crippen molar-refractivity contribution in [3.63, 3.8) is 0 Å². The molecule has 18 heavy (non-hydrogen) atoms. The van der Waals surface area contributed by atoms with Gasteiger partial charge < -0.3 is 9.84 Å². The summed E-state index contributed by atoms with van der Waals surface area (Å²) in [4.78, 5) is 4.24. The van der Waals surface area contributed by atoms with Gasteiger partial charge in [0.25, 0.3) is 0 Å². The molecule has 0 bridgehead atoms. The first-order valence-electron chi connectivity index (χ1n) is 5.66. The zero-order valence-corrected chi connectivity index (χ0v) is 10.4. The van der Waals surface area contributed by atoms with Crippen LogP contribution in [0.25, 0.3) is 11.4 Å². The Hall–Kier alpha value is -1.46. The average Bonchev–Trinajstić information content (AvgIpc) is 3.00. The number of rotatable bonds is 2. The fourth-order valence-electron chi connectivity index (χ4n) is 2.02. The number of hydrogen-bond acceptors (Lipinski definition) is 4. The van der Waals surface area contributed by atoms with Gasteiger partial charge in [0, 0.05) is 0 Å². The van der Waals surface area contributed by atoms with Crippen LogP contribution in [0.4, 0.5) is 4.39 Å². The first-order chi connectivity index (χ1) is 8.34. The molecular weight excluding hydrogens is 257 g/mol. The summed E-state index contributed by atoms with van der Waals surface area (Å²) in [6.45, 7) is 0.960. The van der Waals surface area contributed by atoms with E-state index in [1.807, 2.05) is 0 Å². The monoisotopic (exact) mass is 269 g/mol. The van der Waals surface area contributed by atoms with Crippen molar-refractivity contribution in [3.8, 4) is 11.4 Å². The first-order valence-corrected chi connectivity index (χ1v) is 5.66. The second kappa shape index (κ2) is 5.46. The number of hydrogen-bond donors (Lipinski definition) is 1. The van der Waals surface area contributed by atoms with Crippen molar-refractivity contribution < 1.29 is 8.91 Å². The van der Waals surface area contributed by atoms with E-state index in [-0.39, 0.29) is 24.3 Å². The lowest BCUT2D eigenvalue weighted by Gasteiger charge is -2.01. The Kier molecular flexibility index (Phi) is 3.93. The van der Waals surface area contributed by atoms with Gasteiger partial charge in [-0.05, 0) is 31.5 Å². The summed E-state index contributed by atoms with van der Waals surface area (Å²) in [7, 11) is 0. The lowest BCUT2D eigenvalue weighted by molar-refractivity contribution is 0.345. The molecule has 0 aliphatic carbocycles. The molecule has 1 saturated heterocycles. The highest BCUT2D eigenvalue weighted by Gasteiger charge is 2.23. The number of halogens is 2. The molecule has 2 aromatic rings. The molecule has 1 aromatic heterocycles. The standard InChI is InChI=1S/C12H12FN3O.ClH/c13-9-5-2-1-4-8(9)11-15-12(17-16-11)10-6-3-7-14-10;/h1-2,4-5,10,14H,3,6-7H2;1H. The molecule has 96 valence electrons. The van der Waals surface area contributed by atoms with Gasteiger partial charge in [0.15, 0.2) is 0 Å². The van der Waals surface area contributed by atoms with E-state index in [2.05, 4.69) is 15.5 Å². The van der Waals surface area contributed by atoms with Crippen molar-refractivity contribution in [1.29, 1.82) is 0 Å². The lowest BCUT2D eigenvalue weighted by Crippen LogP contribution is -2.12. The zero-order chi connectivity index (χ0) is 11.7. The molecular formula is C12H13ClFN3O. The Morgan fingerprint density at radius 3 is 2.89 bits per heavy atom. The van der Waals surface area contributed by atoms with Gasteiger partial charge in [0.1, 0.15) is 5.82 Å². The molecule has 6 heteroatoms. The number of benzene rings is 1. The normalized spacial score (nSPS) is 18.6. The van der Waals surface area contributed by atoms with Crippen LogP contribution in [0.2, 0.25) is 0 Å². The minimum atomic E-state index is -0.334. The first kappa shape index (κ1) is 13.0. The smallest absolute Gasteiger partial charge is 0.244 e. The average molecular weight is 270 g/mol. The van der Waals surface area contributed by atoms with Crippen LogP contribution in [0.1, 0.15) is 24.8 Å². The molecule has 1 aliphatic heterocycles. The van der Waals surface area contributed by atoms with E-state index in [0.29, 0.717) is 17.3 Å². The molecule has 0 amide bonds. The highest BCUT2D eigenvalue weighted by Crippen LogP contribution is 2.25. The van der Waals surface area contributed by atoms with Gasteiger partial charge in [-0.2, -0.15) is 4.98 Å². The van der Waals surface area contributed by atoms with Gasteiger partial charge in [0.2, 0.25) is 11.7 Å². The second-order valence-corrected chi connectivity index (χ2v) is 4.09. The van der Waals surface area contributed by atoms with E-state index in [9.17, 15) is 4.39 Å². The van der Waals surface area contributed by atoms with Crippen LogP contribution >= 0.6 is 12.4 Å². The summed E-state index contributed by atoms with van der Waals surface area (Å²) >= 11 is 0. The van der Waals surface area contributed by atoms with Crippen molar-refractivity contribution >= 4 is 12.4 Å². The Balaban J connectivity index is 0.00000120. The molecule has 1 fully saturated rings. The van der Waals surface area contributed by atoms with E-state index in [0.717, 1.165) is 19.4 Å². The SMILES string of the molecule is Cl.Fc1ccccc1-c1noc(C2CCCN2)n1. The van der Waals surface area contributed by atoms with Crippen LogP contribution in [-0.2, 0) is 0 Å². The summed E-state index contributed by atoms with van der Waals surface area (Å²) < 4.78 is 18.7. The molecule has 1 atom stereocenters. The molecule has 1 N–H and O–H groups in total. The van der Waals surface area contributed by atoms with Crippen LogP contribution in [0.5, 0.6) is 0 Å². The number of nitrogens with zero attached hydrogens (tertiary/aromatic N) is 2. The maximum absolute atomic E-state index is 13.5. The van der Waals surface area contributed by atoms with Crippen LogP contribution in [0.15, 0.2) is 28.8 Å². The van der Waals surface area contributed by atoms with Crippen molar-refractivity contribution in [2.45, 2.75) is 18.9 Å². The maximum Gasteiger partial charge on any atom is 0.244 e. The predicted molar refractivity (Wildman–Crippen MR) is 66.9 cm³/mol. The fraction of sp³-hybridized carbons (Fsp3) is 0.333. The summed E-state index contributed by atoms with van der Waals surface area (Å²) in [6.07, 6.45) is 2.08. The minimum absolute atomic E-state index is 0. The fourth-order valence-corrected chi connectivity index (χ4v) is 2.02. The molecule has 1 unspecified atom stereocenters. The molecule has 2 heterocycles. The summed E-state index contributed by atoms with van der Waals surface area (Å²) in [5.74, 6) is 0.520. The van der Waals surface area contributed by atoms with E-state index >= 15 is 0 Å². The third-order valence-corrected chi connectivity index (χ3v) is 2.91. The van der Waals surface area contributed by atoms with Gasteiger partial charge in [-0.3, -0.25) is 0 Å². The highest BCUT2D eigenvalue weighted by molar-refractivity contribution is 5.85. The van der Waals surface area contributed by atoms with Gasteiger partial charge >= 0.3 is 0 Å². The van der Waals surface area contributed by atoms with E-state index in [1.54, 1.807) is 18.2 Å². The van der Waals surface area contributed by atoms with Gasteiger partial charge in [-0.25, -0.2) is 4.39 Å². The highest BCUT2D eigenvalue weighted by atomic mass is 35.5. The Morgan fingerprint density at radius 2 is 2.17 bits per heavy atom. The number of aromatic nitrogens is 2. The topological polar surface area (TPSA) is 51.0 Å². The van der Waals surface area contributed by atoms with Gasteiger partial charge in [-0.1, -0.05) is 17.3 Å². The Morgan fingerprint density at radius 1 is 1.33 bits per heavy atom. The molecule has 3 rings (SSSR count). The van der Waals surface area contributed by atoms with E-state index in [1.165, 1.54) is 6.07 Å². The predicted octanol–water partition coefficient (Wildman–Crippen LogP) is 2.72. The molecule has 4 nitrogen and oxygen atoms in total. The Bertz CT molecular complexity index is 526. The van der Waals surface area contributed by atoms with Crippen LogP contribution < -0.4 is 5.32 Å². The van der Waals surface area contributed by atoms with Crippen molar-refractivity contribution in [2.24, 2.45) is 0 Å². The quantitative estimate of drug-likeness (QED) is 0.911. The molecule has 1 aromatic carbocycles. The molecule has 0 spiro atoms. The second-order valence-electron chi connectivity index (χ2n) is 4.09. The third kappa shape index (κ3) is 2.37.